The zero-order valence-corrected chi connectivity index (χ0v) is 11.5. The van der Waals surface area contributed by atoms with Crippen molar-refractivity contribution in [3.63, 3.8) is 0 Å². The van der Waals surface area contributed by atoms with Gasteiger partial charge in [0.2, 0.25) is 0 Å². The molecule has 0 aromatic heterocycles. The molecule has 1 fully saturated rings. The molecule has 1 aromatic rings. The second-order valence-corrected chi connectivity index (χ2v) is 5.41. The van der Waals surface area contributed by atoms with E-state index >= 15 is 0 Å². The molecule has 104 valence electrons. The fraction of sp³-hybridized carbons (Fsp3) is 0.571. The highest BCUT2D eigenvalue weighted by molar-refractivity contribution is 5.57. The van der Waals surface area contributed by atoms with E-state index < -0.39 is 0 Å². The van der Waals surface area contributed by atoms with Crippen LogP contribution in [0.3, 0.4) is 0 Å². The highest BCUT2D eigenvalue weighted by atomic mass is 16.6. The summed E-state index contributed by atoms with van der Waals surface area (Å²) in [6.45, 7) is 5.95. The Balaban J connectivity index is 2.09. The van der Waals surface area contributed by atoms with Gasteiger partial charge in [0.15, 0.2) is 0 Å². The van der Waals surface area contributed by atoms with Gasteiger partial charge in [0, 0.05) is 37.0 Å². The fourth-order valence-corrected chi connectivity index (χ4v) is 2.77. The Hall–Kier alpha value is -1.62. The van der Waals surface area contributed by atoms with Gasteiger partial charge in [-0.05, 0) is 44.2 Å². The van der Waals surface area contributed by atoms with E-state index in [1.54, 1.807) is 12.1 Å². The molecule has 0 bridgehead atoms. The molecule has 19 heavy (non-hydrogen) atoms. The molecule has 1 aromatic carbocycles. The molecule has 5 heteroatoms. The van der Waals surface area contributed by atoms with Gasteiger partial charge in [0.05, 0.1) is 4.92 Å². The van der Waals surface area contributed by atoms with Crippen LogP contribution in [0.2, 0.25) is 0 Å². The minimum atomic E-state index is -0.348. The second kappa shape index (κ2) is 5.57. The minimum absolute atomic E-state index is 0.159. The topological polar surface area (TPSA) is 72.4 Å². The molecular weight excluding hydrogens is 242 g/mol. The Labute approximate surface area is 113 Å². The van der Waals surface area contributed by atoms with Crippen LogP contribution >= 0.6 is 0 Å². The highest BCUT2D eigenvalue weighted by Gasteiger charge is 2.23. The summed E-state index contributed by atoms with van der Waals surface area (Å²) in [5, 5.41) is 10.7. The Morgan fingerprint density at radius 2 is 2.05 bits per heavy atom. The zero-order chi connectivity index (χ0) is 14.0. The van der Waals surface area contributed by atoms with Crippen molar-refractivity contribution in [3.05, 3.63) is 33.9 Å². The Morgan fingerprint density at radius 3 is 2.53 bits per heavy atom. The molecule has 0 amide bonds. The molecule has 2 rings (SSSR count). The van der Waals surface area contributed by atoms with Crippen LogP contribution in [0.15, 0.2) is 18.2 Å². The lowest BCUT2D eigenvalue weighted by molar-refractivity contribution is -0.384. The molecular formula is C14H21N3O2. The molecule has 5 nitrogen and oxygen atoms in total. The number of nitrogens with zero attached hydrogens (tertiary/aromatic N) is 2. The van der Waals surface area contributed by atoms with E-state index in [2.05, 4.69) is 11.8 Å². The number of benzene rings is 1. The molecule has 1 aliphatic rings. The van der Waals surface area contributed by atoms with Crippen molar-refractivity contribution in [2.75, 3.05) is 18.0 Å². The summed E-state index contributed by atoms with van der Waals surface area (Å²) >= 11 is 0. The van der Waals surface area contributed by atoms with Crippen LogP contribution in [0.5, 0.6) is 0 Å². The number of hydrogen-bond donors (Lipinski definition) is 1. The largest absolute Gasteiger partial charge is 0.371 e. The average Bonchev–Trinajstić information content (AvgIpc) is 2.38. The van der Waals surface area contributed by atoms with E-state index in [-0.39, 0.29) is 16.7 Å². The van der Waals surface area contributed by atoms with E-state index in [1.165, 1.54) is 0 Å². The molecule has 1 heterocycles. The second-order valence-electron chi connectivity index (χ2n) is 5.41. The van der Waals surface area contributed by atoms with Crippen LogP contribution < -0.4 is 10.6 Å². The third-order valence-corrected chi connectivity index (χ3v) is 4.02. The standard InChI is InChI=1S/C14H21N3O2/c1-10-9-13(17(18)19)3-4-14(10)16-7-5-12(6-8-16)11(2)15/h3-4,9,11-12H,5-8,15H2,1-2H3. The monoisotopic (exact) mass is 263 g/mol. The van der Waals surface area contributed by atoms with E-state index in [9.17, 15) is 10.1 Å². The molecule has 0 aliphatic carbocycles. The number of nitro groups is 1. The predicted octanol–water partition coefficient (Wildman–Crippen LogP) is 2.47. The van der Waals surface area contributed by atoms with Gasteiger partial charge in [-0.2, -0.15) is 0 Å². The van der Waals surface area contributed by atoms with Gasteiger partial charge in [-0.1, -0.05) is 0 Å². The Morgan fingerprint density at radius 1 is 1.42 bits per heavy atom. The maximum atomic E-state index is 10.7. The van der Waals surface area contributed by atoms with Crippen molar-refractivity contribution >= 4 is 11.4 Å². The van der Waals surface area contributed by atoms with Crippen LogP contribution in [0.1, 0.15) is 25.3 Å². The first-order valence-corrected chi connectivity index (χ1v) is 6.74. The highest BCUT2D eigenvalue weighted by Crippen LogP contribution is 2.29. The third kappa shape index (κ3) is 3.04. The van der Waals surface area contributed by atoms with Crippen molar-refractivity contribution in [2.24, 2.45) is 11.7 Å². The minimum Gasteiger partial charge on any atom is -0.371 e. The lowest BCUT2D eigenvalue weighted by Crippen LogP contribution is -2.39. The summed E-state index contributed by atoms with van der Waals surface area (Å²) in [5.41, 5.74) is 8.17. The summed E-state index contributed by atoms with van der Waals surface area (Å²) in [7, 11) is 0. The van der Waals surface area contributed by atoms with Crippen LogP contribution in [0, 0.1) is 23.0 Å². The van der Waals surface area contributed by atoms with Gasteiger partial charge in [-0.25, -0.2) is 0 Å². The fourth-order valence-electron chi connectivity index (χ4n) is 2.77. The molecule has 1 aliphatic heterocycles. The van der Waals surface area contributed by atoms with Crippen molar-refractivity contribution in [3.8, 4) is 0 Å². The van der Waals surface area contributed by atoms with Crippen molar-refractivity contribution in [1.82, 2.24) is 0 Å². The Kier molecular flexibility index (Phi) is 4.04. The van der Waals surface area contributed by atoms with Crippen LogP contribution in [0.4, 0.5) is 11.4 Å². The van der Waals surface area contributed by atoms with Gasteiger partial charge >= 0.3 is 0 Å². The number of non-ortho nitro benzene ring substituents is 1. The summed E-state index contributed by atoms with van der Waals surface area (Å²) < 4.78 is 0. The molecule has 1 unspecified atom stereocenters. The SMILES string of the molecule is Cc1cc([N+](=O)[O-])ccc1N1CCC(C(C)N)CC1. The lowest BCUT2D eigenvalue weighted by Gasteiger charge is -2.35. The first-order valence-electron chi connectivity index (χ1n) is 6.74. The average molecular weight is 263 g/mol. The van der Waals surface area contributed by atoms with Gasteiger partial charge in [0.1, 0.15) is 0 Å². The number of nitro benzene ring substituents is 1. The van der Waals surface area contributed by atoms with Crippen molar-refractivity contribution < 1.29 is 4.92 Å². The summed E-state index contributed by atoms with van der Waals surface area (Å²) in [6.07, 6.45) is 2.18. The van der Waals surface area contributed by atoms with E-state index in [1.807, 2.05) is 13.0 Å². The molecule has 1 saturated heterocycles. The van der Waals surface area contributed by atoms with Gasteiger partial charge in [0.25, 0.3) is 5.69 Å². The maximum Gasteiger partial charge on any atom is 0.269 e. The van der Waals surface area contributed by atoms with Gasteiger partial charge in [-0.15, -0.1) is 0 Å². The summed E-state index contributed by atoms with van der Waals surface area (Å²) in [5.74, 6) is 0.592. The predicted molar refractivity (Wildman–Crippen MR) is 76.4 cm³/mol. The Bertz CT molecular complexity index is 466. The number of nitrogens with two attached hydrogens (primary N) is 1. The van der Waals surface area contributed by atoms with E-state index in [0.29, 0.717) is 5.92 Å². The quantitative estimate of drug-likeness (QED) is 0.671. The van der Waals surface area contributed by atoms with Crippen molar-refractivity contribution in [2.45, 2.75) is 32.7 Å². The third-order valence-electron chi connectivity index (χ3n) is 4.02. The lowest BCUT2D eigenvalue weighted by atomic mass is 9.90. The molecule has 2 N–H and O–H groups in total. The molecule has 0 spiro atoms. The number of anilines is 1. The molecule has 0 saturated carbocycles. The van der Waals surface area contributed by atoms with Gasteiger partial charge < -0.3 is 10.6 Å². The van der Waals surface area contributed by atoms with Crippen LogP contribution in [-0.4, -0.2) is 24.1 Å². The van der Waals surface area contributed by atoms with Crippen molar-refractivity contribution in [1.29, 1.82) is 0 Å². The number of piperidine rings is 1. The summed E-state index contributed by atoms with van der Waals surface area (Å²) in [4.78, 5) is 12.7. The molecule has 0 radical (unpaired) electrons. The number of hydrogen-bond acceptors (Lipinski definition) is 4. The van der Waals surface area contributed by atoms with E-state index in [4.69, 9.17) is 5.73 Å². The maximum absolute atomic E-state index is 10.7. The zero-order valence-electron chi connectivity index (χ0n) is 11.5. The first kappa shape index (κ1) is 13.8. The smallest absolute Gasteiger partial charge is 0.269 e. The normalized spacial score (nSPS) is 18.4. The van der Waals surface area contributed by atoms with Crippen LogP contribution in [-0.2, 0) is 0 Å². The van der Waals surface area contributed by atoms with Gasteiger partial charge in [-0.3, -0.25) is 10.1 Å². The van der Waals surface area contributed by atoms with E-state index in [0.717, 1.165) is 37.2 Å². The molecule has 1 atom stereocenters. The van der Waals surface area contributed by atoms with Crippen LogP contribution in [0.25, 0.3) is 0 Å². The number of aryl methyl sites for hydroxylation is 1. The first-order chi connectivity index (χ1) is 8.99. The summed E-state index contributed by atoms with van der Waals surface area (Å²) in [6, 6.07) is 5.34. The number of rotatable bonds is 3.